The molecule has 9 heteroatoms. The van der Waals surface area contributed by atoms with Crippen molar-refractivity contribution in [3.05, 3.63) is 29.8 Å². The molecule has 2 saturated heterocycles. The predicted molar refractivity (Wildman–Crippen MR) is 117 cm³/mol. The van der Waals surface area contributed by atoms with Crippen LogP contribution in [0.25, 0.3) is 0 Å². The Bertz CT molecular complexity index is 779. The lowest BCUT2D eigenvalue weighted by Gasteiger charge is -2.21. The van der Waals surface area contributed by atoms with E-state index in [2.05, 4.69) is 42.9 Å². The smallest absolute Gasteiger partial charge is 0.248 e. The van der Waals surface area contributed by atoms with Gasteiger partial charge in [0.15, 0.2) is 5.11 Å². The number of hydrogen-bond donors (Lipinski definition) is 3. The highest BCUT2D eigenvalue weighted by Gasteiger charge is 2.21. The van der Waals surface area contributed by atoms with Crippen LogP contribution in [0.4, 0.5) is 23.5 Å². The molecule has 3 N–H and O–H groups in total. The summed E-state index contributed by atoms with van der Waals surface area (Å²) in [4.78, 5) is 18.3. The van der Waals surface area contributed by atoms with E-state index in [4.69, 9.17) is 17.2 Å². The van der Waals surface area contributed by atoms with Gasteiger partial charge in [-0.2, -0.15) is 15.0 Å². The second-order valence-electron chi connectivity index (χ2n) is 7.22. The van der Waals surface area contributed by atoms with E-state index in [1.54, 1.807) is 0 Å². The highest BCUT2D eigenvalue weighted by atomic mass is 32.1. The molecule has 0 spiro atoms. The van der Waals surface area contributed by atoms with Crippen molar-refractivity contribution < 1.29 is 0 Å². The van der Waals surface area contributed by atoms with Crippen LogP contribution in [0, 0.1) is 6.92 Å². The van der Waals surface area contributed by atoms with Gasteiger partial charge in [-0.25, -0.2) is 0 Å². The molecule has 1 aromatic carbocycles. The van der Waals surface area contributed by atoms with Crippen LogP contribution in [0.5, 0.6) is 0 Å². The summed E-state index contributed by atoms with van der Waals surface area (Å²) in [5.74, 6) is 1.94. The van der Waals surface area contributed by atoms with Gasteiger partial charge in [-0.15, -0.1) is 0 Å². The fourth-order valence-corrected chi connectivity index (χ4v) is 3.61. The molecule has 2 fully saturated rings. The summed E-state index contributed by atoms with van der Waals surface area (Å²) in [5.41, 5.74) is 8.14. The molecule has 2 aliphatic rings. The zero-order chi connectivity index (χ0) is 19.3. The molecule has 0 unspecified atom stereocenters. The van der Waals surface area contributed by atoms with E-state index < -0.39 is 0 Å². The minimum atomic E-state index is 0.453. The minimum Gasteiger partial charge on any atom is -0.341 e. The summed E-state index contributed by atoms with van der Waals surface area (Å²) in [5, 5.41) is 3.60. The molecule has 1 aromatic heterocycles. The lowest BCUT2D eigenvalue weighted by molar-refractivity contribution is 0.834. The van der Waals surface area contributed by atoms with Crippen LogP contribution < -0.4 is 26.0 Å². The second kappa shape index (κ2) is 8.55. The Morgan fingerprint density at radius 2 is 1.39 bits per heavy atom. The molecule has 0 bridgehead atoms. The molecule has 148 valence electrons. The van der Waals surface area contributed by atoms with Gasteiger partial charge in [0.25, 0.3) is 0 Å². The number of hydrazine groups is 1. The lowest BCUT2D eigenvalue weighted by Crippen LogP contribution is -2.35. The first kappa shape index (κ1) is 18.7. The maximum atomic E-state index is 5.37. The standard InChI is InChI=1S/C19H26N8S/c1-14-6-8-15(9-7-14)20-19(28)25-24-16-21-17(26-10-2-3-11-26)23-18(22-16)27-12-4-5-13-27/h6-9H,2-5,10-13H2,1H3,(H2,20,25,28)(H,21,22,23,24). The number of nitrogens with one attached hydrogen (secondary N) is 3. The van der Waals surface area contributed by atoms with E-state index in [0.29, 0.717) is 11.1 Å². The van der Waals surface area contributed by atoms with Gasteiger partial charge in [-0.1, -0.05) is 17.7 Å². The average molecular weight is 399 g/mol. The molecule has 0 aliphatic carbocycles. The molecular weight excluding hydrogens is 372 g/mol. The Hall–Kier alpha value is -2.68. The highest BCUT2D eigenvalue weighted by Crippen LogP contribution is 2.22. The van der Waals surface area contributed by atoms with Crippen molar-refractivity contribution in [2.45, 2.75) is 32.6 Å². The average Bonchev–Trinajstić information content (AvgIpc) is 3.42. The summed E-state index contributed by atoms with van der Waals surface area (Å²) < 4.78 is 0. The molecule has 0 amide bonds. The highest BCUT2D eigenvalue weighted by molar-refractivity contribution is 7.80. The number of aryl methyl sites for hydroxylation is 1. The molecule has 3 heterocycles. The number of nitrogens with zero attached hydrogens (tertiary/aromatic N) is 5. The first-order valence-electron chi connectivity index (χ1n) is 9.83. The van der Waals surface area contributed by atoms with E-state index in [0.717, 1.165) is 43.8 Å². The first-order valence-corrected chi connectivity index (χ1v) is 10.2. The third-order valence-corrected chi connectivity index (χ3v) is 5.19. The molecule has 0 radical (unpaired) electrons. The van der Waals surface area contributed by atoms with E-state index >= 15 is 0 Å². The predicted octanol–water partition coefficient (Wildman–Crippen LogP) is 2.69. The summed E-state index contributed by atoms with van der Waals surface area (Å²) in [6, 6.07) is 8.05. The van der Waals surface area contributed by atoms with Gasteiger partial charge in [-0.3, -0.25) is 10.9 Å². The number of anilines is 4. The van der Waals surface area contributed by atoms with Crippen molar-refractivity contribution in [1.29, 1.82) is 0 Å². The molecular formula is C19H26N8S. The summed E-state index contributed by atoms with van der Waals surface area (Å²) in [7, 11) is 0. The summed E-state index contributed by atoms with van der Waals surface area (Å²) in [6.07, 6.45) is 4.71. The van der Waals surface area contributed by atoms with Crippen molar-refractivity contribution in [3.63, 3.8) is 0 Å². The number of hydrogen-bond acceptors (Lipinski definition) is 7. The van der Waals surface area contributed by atoms with Crippen LogP contribution in [-0.4, -0.2) is 46.2 Å². The number of benzene rings is 1. The van der Waals surface area contributed by atoms with Gasteiger partial charge < -0.3 is 15.1 Å². The zero-order valence-electron chi connectivity index (χ0n) is 16.1. The fourth-order valence-electron chi connectivity index (χ4n) is 3.44. The molecule has 0 atom stereocenters. The van der Waals surface area contributed by atoms with Gasteiger partial charge >= 0.3 is 0 Å². The first-order chi connectivity index (χ1) is 13.7. The molecule has 0 saturated carbocycles. The Labute approximate surface area is 170 Å². The Kier molecular flexibility index (Phi) is 5.70. The second-order valence-corrected chi connectivity index (χ2v) is 7.63. The number of aromatic nitrogens is 3. The van der Waals surface area contributed by atoms with Crippen LogP contribution in [0.2, 0.25) is 0 Å². The third kappa shape index (κ3) is 4.59. The Balaban J connectivity index is 1.44. The van der Waals surface area contributed by atoms with Crippen LogP contribution in [0.15, 0.2) is 24.3 Å². The van der Waals surface area contributed by atoms with E-state index in [1.165, 1.54) is 31.2 Å². The minimum absolute atomic E-state index is 0.453. The van der Waals surface area contributed by atoms with E-state index in [1.807, 2.05) is 24.3 Å². The van der Waals surface area contributed by atoms with Gasteiger partial charge in [0.1, 0.15) is 0 Å². The van der Waals surface area contributed by atoms with Crippen molar-refractivity contribution in [1.82, 2.24) is 20.4 Å². The van der Waals surface area contributed by atoms with Crippen molar-refractivity contribution in [3.8, 4) is 0 Å². The van der Waals surface area contributed by atoms with Gasteiger partial charge in [0.2, 0.25) is 17.8 Å². The number of thiocarbonyl (C=S) groups is 1. The lowest BCUT2D eigenvalue weighted by atomic mass is 10.2. The molecule has 8 nitrogen and oxygen atoms in total. The maximum Gasteiger partial charge on any atom is 0.248 e. The van der Waals surface area contributed by atoms with Gasteiger partial charge in [0, 0.05) is 31.9 Å². The van der Waals surface area contributed by atoms with Crippen molar-refractivity contribution in [2.24, 2.45) is 0 Å². The molecule has 2 aromatic rings. The Morgan fingerprint density at radius 1 is 0.857 bits per heavy atom. The van der Waals surface area contributed by atoms with Crippen LogP contribution in [0.1, 0.15) is 31.2 Å². The zero-order valence-corrected chi connectivity index (χ0v) is 16.9. The van der Waals surface area contributed by atoms with Gasteiger partial charge in [-0.05, 0) is 57.0 Å². The maximum absolute atomic E-state index is 5.37. The fraction of sp³-hybridized carbons (Fsp3) is 0.474. The van der Waals surface area contributed by atoms with Crippen LogP contribution in [0.3, 0.4) is 0 Å². The quantitative estimate of drug-likeness (QED) is 0.520. The van der Waals surface area contributed by atoms with E-state index in [-0.39, 0.29) is 0 Å². The molecule has 28 heavy (non-hydrogen) atoms. The number of rotatable bonds is 5. The monoisotopic (exact) mass is 398 g/mol. The topological polar surface area (TPSA) is 81.2 Å². The third-order valence-electron chi connectivity index (χ3n) is 4.99. The summed E-state index contributed by atoms with van der Waals surface area (Å²) in [6.45, 7) is 6.01. The molecule has 4 rings (SSSR count). The van der Waals surface area contributed by atoms with E-state index in [9.17, 15) is 0 Å². The molecule has 2 aliphatic heterocycles. The van der Waals surface area contributed by atoms with Crippen LogP contribution >= 0.6 is 12.2 Å². The van der Waals surface area contributed by atoms with Crippen molar-refractivity contribution in [2.75, 3.05) is 46.7 Å². The Morgan fingerprint density at radius 3 is 1.93 bits per heavy atom. The largest absolute Gasteiger partial charge is 0.341 e. The van der Waals surface area contributed by atoms with Crippen molar-refractivity contribution >= 4 is 40.9 Å². The van der Waals surface area contributed by atoms with Crippen LogP contribution in [-0.2, 0) is 0 Å². The SMILES string of the molecule is Cc1ccc(NC(=S)NNc2nc(N3CCCC3)nc(N3CCCC3)n2)cc1. The normalized spacial score (nSPS) is 16.3. The summed E-state index contributed by atoms with van der Waals surface area (Å²) >= 11 is 5.37. The van der Waals surface area contributed by atoms with Gasteiger partial charge in [0.05, 0.1) is 0 Å².